The summed E-state index contributed by atoms with van der Waals surface area (Å²) in [6.45, 7) is 4.01. The Morgan fingerprint density at radius 1 is 1.06 bits per heavy atom. The number of amides is 1. The lowest BCUT2D eigenvalue weighted by atomic mass is 10.1. The van der Waals surface area contributed by atoms with Crippen molar-refractivity contribution in [1.82, 2.24) is 10.1 Å². The van der Waals surface area contributed by atoms with Crippen LogP contribution in [0.2, 0.25) is 0 Å². The molecule has 1 amide bonds. The minimum atomic E-state index is -0.391. The molecule has 4 aromatic rings. The van der Waals surface area contributed by atoms with E-state index in [2.05, 4.69) is 46.6 Å². The maximum Gasteiger partial charge on any atom is 0.279 e. The van der Waals surface area contributed by atoms with Crippen LogP contribution in [0.5, 0.6) is 11.5 Å². The molecule has 4 rings (SSSR count). The van der Waals surface area contributed by atoms with Crippen LogP contribution >= 0.6 is 11.3 Å². The summed E-state index contributed by atoms with van der Waals surface area (Å²) in [5.41, 5.74) is 4.12. The van der Waals surface area contributed by atoms with Gasteiger partial charge in [0.05, 0.1) is 25.5 Å². The first kappa shape index (κ1) is 21.6. The second-order valence-electron chi connectivity index (χ2n) is 7.29. The third-order valence-corrected chi connectivity index (χ3v) is 6.09. The predicted octanol–water partition coefficient (Wildman–Crippen LogP) is 5.28. The zero-order chi connectivity index (χ0) is 22.7. The summed E-state index contributed by atoms with van der Waals surface area (Å²) in [6, 6.07) is 15.3. The molecule has 32 heavy (non-hydrogen) atoms. The van der Waals surface area contributed by atoms with E-state index in [-0.39, 0.29) is 5.69 Å². The summed E-state index contributed by atoms with van der Waals surface area (Å²) in [4.78, 5) is 18.3. The number of carbonyl (C=O) groups is 1. The van der Waals surface area contributed by atoms with Gasteiger partial charge in [-0.25, -0.2) is 4.98 Å². The number of aromatic nitrogens is 2. The Kier molecular flexibility index (Phi) is 6.23. The van der Waals surface area contributed by atoms with E-state index in [1.54, 1.807) is 38.5 Å². The number of methoxy groups -OCH3 is 2. The smallest absolute Gasteiger partial charge is 0.279 e. The van der Waals surface area contributed by atoms with Crippen LogP contribution < -0.4 is 14.8 Å². The number of hydrogen-bond acceptors (Lipinski definition) is 7. The molecule has 0 bridgehead atoms. The van der Waals surface area contributed by atoms with Crippen LogP contribution in [0.15, 0.2) is 53.1 Å². The highest BCUT2D eigenvalue weighted by Crippen LogP contribution is 2.34. The summed E-state index contributed by atoms with van der Waals surface area (Å²) in [5, 5.41) is 7.26. The topological polar surface area (TPSA) is 86.5 Å². The molecule has 0 saturated heterocycles. The van der Waals surface area contributed by atoms with E-state index in [1.807, 2.05) is 6.92 Å². The van der Waals surface area contributed by atoms with Gasteiger partial charge < -0.3 is 14.0 Å². The molecule has 0 unspecified atom stereocenters. The van der Waals surface area contributed by atoms with E-state index in [1.165, 1.54) is 22.5 Å². The van der Waals surface area contributed by atoms with Crippen molar-refractivity contribution in [3.8, 4) is 22.8 Å². The van der Waals surface area contributed by atoms with Crippen LogP contribution in [-0.4, -0.2) is 30.3 Å². The van der Waals surface area contributed by atoms with Gasteiger partial charge in [0.15, 0.2) is 16.6 Å². The van der Waals surface area contributed by atoms with Crippen molar-refractivity contribution in [3.63, 3.8) is 0 Å². The lowest BCUT2D eigenvalue weighted by Gasteiger charge is -2.07. The normalized spacial score (nSPS) is 10.8. The fourth-order valence-electron chi connectivity index (χ4n) is 3.21. The zero-order valence-corrected chi connectivity index (χ0v) is 19.1. The van der Waals surface area contributed by atoms with E-state index in [0.717, 1.165) is 17.0 Å². The van der Waals surface area contributed by atoms with Crippen LogP contribution in [0.1, 0.15) is 32.2 Å². The van der Waals surface area contributed by atoms with E-state index in [9.17, 15) is 4.79 Å². The van der Waals surface area contributed by atoms with Crippen molar-refractivity contribution in [2.24, 2.45) is 0 Å². The van der Waals surface area contributed by atoms with E-state index < -0.39 is 5.91 Å². The first-order valence-corrected chi connectivity index (χ1v) is 10.8. The molecule has 0 aliphatic carbocycles. The van der Waals surface area contributed by atoms with Gasteiger partial charge in [-0.15, -0.1) is 11.3 Å². The first-order chi connectivity index (χ1) is 15.5. The summed E-state index contributed by atoms with van der Waals surface area (Å²) in [7, 11) is 3.14. The van der Waals surface area contributed by atoms with Gasteiger partial charge >= 0.3 is 0 Å². The molecule has 0 aliphatic rings. The summed E-state index contributed by atoms with van der Waals surface area (Å²) in [5.74, 6) is 1.24. The Bertz CT molecular complexity index is 1240. The van der Waals surface area contributed by atoms with Crippen molar-refractivity contribution in [3.05, 3.63) is 75.9 Å². The molecule has 0 spiro atoms. The van der Waals surface area contributed by atoms with Crippen molar-refractivity contribution < 1.29 is 18.8 Å². The maximum atomic E-state index is 12.7. The van der Waals surface area contributed by atoms with Gasteiger partial charge in [-0.2, -0.15) is 0 Å². The second-order valence-corrected chi connectivity index (χ2v) is 8.37. The number of anilines is 1. The zero-order valence-electron chi connectivity index (χ0n) is 18.3. The molecule has 2 heterocycles. The van der Waals surface area contributed by atoms with Crippen LogP contribution in [0.25, 0.3) is 11.3 Å². The highest BCUT2D eigenvalue weighted by Gasteiger charge is 2.19. The molecule has 0 aliphatic heterocycles. The Balaban J connectivity index is 1.50. The van der Waals surface area contributed by atoms with Crippen molar-refractivity contribution in [1.29, 1.82) is 0 Å². The van der Waals surface area contributed by atoms with E-state index in [4.69, 9.17) is 14.0 Å². The summed E-state index contributed by atoms with van der Waals surface area (Å²) in [6.07, 6.45) is 0.767. The monoisotopic (exact) mass is 449 g/mol. The highest BCUT2D eigenvalue weighted by molar-refractivity contribution is 7.15. The number of thiazole rings is 1. The quantitative estimate of drug-likeness (QED) is 0.413. The molecule has 0 radical (unpaired) electrons. The molecule has 0 saturated carbocycles. The third-order valence-electron chi connectivity index (χ3n) is 5.01. The third kappa shape index (κ3) is 4.65. The number of benzene rings is 2. The SMILES string of the molecule is COc1ccc(OC)c(-c2cc(C(=O)Nc3nc(C)c(Cc4ccc(C)cc4)s3)no2)c1. The van der Waals surface area contributed by atoms with Gasteiger partial charge in [0, 0.05) is 17.4 Å². The minimum absolute atomic E-state index is 0.151. The predicted molar refractivity (Wildman–Crippen MR) is 124 cm³/mol. The first-order valence-electron chi connectivity index (χ1n) is 9.99. The van der Waals surface area contributed by atoms with Gasteiger partial charge in [0.2, 0.25) is 0 Å². The van der Waals surface area contributed by atoms with Gasteiger partial charge in [-0.1, -0.05) is 35.0 Å². The van der Waals surface area contributed by atoms with Gasteiger partial charge in [-0.05, 0) is 37.6 Å². The molecule has 1 N–H and O–H groups in total. The van der Waals surface area contributed by atoms with Crippen molar-refractivity contribution in [2.45, 2.75) is 20.3 Å². The Hall–Kier alpha value is -3.65. The number of rotatable bonds is 7. The van der Waals surface area contributed by atoms with E-state index >= 15 is 0 Å². The molecular formula is C24H23N3O4S. The second kappa shape index (κ2) is 9.23. The highest BCUT2D eigenvalue weighted by atomic mass is 32.1. The molecular weight excluding hydrogens is 426 g/mol. The number of nitrogens with one attached hydrogen (secondary N) is 1. The fraction of sp³-hybridized carbons (Fsp3) is 0.208. The lowest BCUT2D eigenvalue weighted by Crippen LogP contribution is -2.11. The van der Waals surface area contributed by atoms with Crippen LogP contribution in [0, 0.1) is 13.8 Å². The molecule has 8 heteroatoms. The lowest BCUT2D eigenvalue weighted by molar-refractivity contribution is 0.101. The molecule has 2 aromatic carbocycles. The summed E-state index contributed by atoms with van der Waals surface area (Å²) < 4.78 is 16.1. The Labute approximate surface area is 190 Å². The number of hydrogen-bond donors (Lipinski definition) is 1. The summed E-state index contributed by atoms with van der Waals surface area (Å²) >= 11 is 1.46. The average Bonchev–Trinajstić information content (AvgIpc) is 3.42. The molecule has 0 atom stereocenters. The Morgan fingerprint density at radius 2 is 1.84 bits per heavy atom. The molecule has 7 nitrogen and oxygen atoms in total. The average molecular weight is 450 g/mol. The van der Waals surface area contributed by atoms with Crippen LogP contribution in [-0.2, 0) is 6.42 Å². The largest absolute Gasteiger partial charge is 0.497 e. The number of ether oxygens (including phenoxy) is 2. The van der Waals surface area contributed by atoms with Crippen LogP contribution in [0.4, 0.5) is 5.13 Å². The maximum absolute atomic E-state index is 12.7. The number of nitrogens with zero attached hydrogens (tertiary/aromatic N) is 2. The van der Waals surface area contributed by atoms with Gasteiger partial charge in [0.25, 0.3) is 5.91 Å². The number of carbonyl (C=O) groups excluding carboxylic acids is 1. The van der Waals surface area contributed by atoms with Crippen molar-refractivity contribution in [2.75, 3.05) is 19.5 Å². The van der Waals surface area contributed by atoms with Crippen molar-refractivity contribution >= 4 is 22.4 Å². The standard InChI is InChI=1S/C24H23N3O4S/c1-14-5-7-16(8-6-14)11-22-15(2)25-24(32-22)26-23(28)19-13-21(31-27-19)18-12-17(29-3)9-10-20(18)30-4/h5-10,12-13H,11H2,1-4H3,(H,25,26,28). The molecule has 164 valence electrons. The van der Waals surface area contributed by atoms with E-state index in [0.29, 0.717) is 28.0 Å². The molecule has 0 fully saturated rings. The minimum Gasteiger partial charge on any atom is -0.497 e. The Morgan fingerprint density at radius 3 is 2.56 bits per heavy atom. The molecule has 2 aromatic heterocycles. The van der Waals surface area contributed by atoms with Crippen LogP contribution in [0.3, 0.4) is 0 Å². The fourth-order valence-corrected chi connectivity index (χ4v) is 4.21. The van der Waals surface area contributed by atoms with Gasteiger partial charge in [0.1, 0.15) is 11.5 Å². The number of aryl methyl sites for hydroxylation is 2. The van der Waals surface area contributed by atoms with Gasteiger partial charge in [-0.3, -0.25) is 10.1 Å².